The van der Waals surface area contributed by atoms with E-state index in [1.807, 2.05) is 0 Å². The molecule has 1 saturated heterocycles. The smallest absolute Gasteiger partial charge is 0.110 e. The lowest BCUT2D eigenvalue weighted by molar-refractivity contribution is -0.0858. The van der Waals surface area contributed by atoms with Crippen molar-refractivity contribution >= 4 is 11.8 Å². The highest BCUT2D eigenvalue weighted by Crippen LogP contribution is 2.61. The van der Waals surface area contributed by atoms with Crippen LogP contribution in [0.25, 0.3) is 0 Å². The van der Waals surface area contributed by atoms with Gasteiger partial charge >= 0.3 is 0 Å². The van der Waals surface area contributed by atoms with Crippen molar-refractivity contribution in [2.24, 2.45) is 0 Å². The number of benzene rings is 4. The van der Waals surface area contributed by atoms with Crippen LogP contribution in [-0.4, -0.2) is 24.2 Å². The van der Waals surface area contributed by atoms with Gasteiger partial charge in [0, 0.05) is 17.8 Å². The van der Waals surface area contributed by atoms with Gasteiger partial charge in [-0.05, 0) is 47.6 Å². The van der Waals surface area contributed by atoms with Crippen LogP contribution in [0.3, 0.4) is 0 Å². The van der Waals surface area contributed by atoms with Gasteiger partial charge in [-0.15, -0.1) is 11.8 Å². The molecule has 2 heterocycles. The predicted octanol–water partition coefficient (Wildman–Crippen LogP) is 7.97. The molecule has 0 radical (unpaired) electrons. The maximum atomic E-state index is 6.79. The van der Waals surface area contributed by atoms with Gasteiger partial charge in [0.25, 0.3) is 0 Å². The first-order valence-electron chi connectivity index (χ1n) is 13.1. The van der Waals surface area contributed by atoms with Gasteiger partial charge < -0.3 is 4.74 Å². The van der Waals surface area contributed by atoms with Crippen molar-refractivity contribution in [1.29, 1.82) is 0 Å². The van der Waals surface area contributed by atoms with E-state index in [1.165, 1.54) is 22.3 Å². The zero-order valence-corrected chi connectivity index (χ0v) is 21.6. The Morgan fingerprint density at radius 3 is 1.86 bits per heavy atom. The van der Waals surface area contributed by atoms with Crippen molar-refractivity contribution in [2.75, 3.05) is 13.1 Å². The lowest BCUT2D eigenvalue weighted by atomic mass is 9.84. The Morgan fingerprint density at radius 2 is 1.25 bits per heavy atom. The Morgan fingerprint density at radius 1 is 0.722 bits per heavy atom. The molecule has 3 heteroatoms. The minimum atomic E-state index is -0.0673. The average Bonchev–Trinajstić information content (AvgIpc) is 3.27. The number of likely N-dealkylation sites (tertiary alicyclic amines) is 1. The highest BCUT2D eigenvalue weighted by Gasteiger charge is 2.47. The summed E-state index contributed by atoms with van der Waals surface area (Å²) in [5, 5.41) is 0.420. The molecule has 0 saturated carbocycles. The van der Waals surface area contributed by atoms with Gasteiger partial charge in [0.2, 0.25) is 0 Å². The maximum absolute atomic E-state index is 6.79. The van der Waals surface area contributed by atoms with Gasteiger partial charge in [0.05, 0.1) is 5.25 Å². The van der Waals surface area contributed by atoms with E-state index in [9.17, 15) is 0 Å². The van der Waals surface area contributed by atoms with Gasteiger partial charge in [-0.1, -0.05) is 115 Å². The minimum Gasteiger partial charge on any atom is -0.351 e. The number of ether oxygens (including phenoxy) is 1. The molecule has 2 nitrogen and oxygen atoms in total. The van der Waals surface area contributed by atoms with Crippen molar-refractivity contribution in [3.63, 3.8) is 0 Å². The Kier molecular flexibility index (Phi) is 6.71. The molecular weight excluding hydrogens is 458 g/mol. The van der Waals surface area contributed by atoms with Crippen molar-refractivity contribution in [2.45, 2.75) is 42.1 Å². The molecule has 0 aromatic heterocycles. The van der Waals surface area contributed by atoms with Gasteiger partial charge in [-0.3, -0.25) is 4.90 Å². The minimum absolute atomic E-state index is 0.0410. The second-order valence-corrected chi connectivity index (χ2v) is 11.5. The summed E-state index contributed by atoms with van der Waals surface area (Å²) in [6.07, 6.45) is 2.27. The van der Waals surface area contributed by atoms with E-state index in [-0.39, 0.29) is 17.1 Å². The fourth-order valence-corrected chi connectivity index (χ4v) is 7.70. The van der Waals surface area contributed by atoms with Crippen molar-refractivity contribution in [3.05, 3.63) is 143 Å². The Balaban J connectivity index is 1.19. The summed E-state index contributed by atoms with van der Waals surface area (Å²) < 4.78 is 6.98. The summed E-state index contributed by atoms with van der Waals surface area (Å²) >= 11 is 2.17. The van der Waals surface area contributed by atoms with Gasteiger partial charge in [0.15, 0.2) is 0 Å². The summed E-state index contributed by atoms with van der Waals surface area (Å²) in [6, 6.07) is 41.4. The van der Waals surface area contributed by atoms with Crippen molar-refractivity contribution in [3.8, 4) is 0 Å². The average molecular weight is 492 g/mol. The molecule has 2 unspecified atom stereocenters. The molecule has 182 valence electrons. The number of hydrogen-bond acceptors (Lipinski definition) is 3. The second-order valence-electron chi connectivity index (χ2n) is 9.96. The summed E-state index contributed by atoms with van der Waals surface area (Å²) in [6.45, 7) is 4.31. The molecule has 1 spiro atoms. The van der Waals surface area contributed by atoms with E-state index >= 15 is 0 Å². The molecule has 4 aromatic carbocycles. The SMILES string of the molecule is CC(OC(c1ccccc1)c1ccccc1)N1CCC2(CC1)SC(c1ccccc1)c1ccccc12. The maximum Gasteiger partial charge on any atom is 0.110 e. The predicted molar refractivity (Wildman–Crippen MR) is 150 cm³/mol. The first-order chi connectivity index (χ1) is 17.7. The highest BCUT2D eigenvalue weighted by molar-refractivity contribution is 8.01. The molecule has 0 bridgehead atoms. The van der Waals surface area contributed by atoms with E-state index in [2.05, 4.69) is 139 Å². The van der Waals surface area contributed by atoms with Crippen molar-refractivity contribution in [1.82, 2.24) is 4.90 Å². The van der Waals surface area contributed by atoms with Crippen LogP contribution in [0.1, 0.15) is 58.9 Å². The van der Waals surface area contributed by atoms with Crippen LogP contribution in [0.2, 0.25) is 0 Å². The Labute approximate surface area is 219 Å². The topological polar surface area (TPSA) is 12.5 Å². The van der Waals surface area contributed by atoms with E-state index < -0.39 is 0 Å². The monoisotopic (exact) mass is 491 g/mol. The lowest BCUT2D eigenvalue weighted by Crippen LogP contribution is -2.45. The number of thioether (sulfide) groups is 1. The van der Waals surface area contributed by atoms with E-state index in [0.717, 1.165) is 25.9 Å². The molecule has 6 rings (SSSR count). The van der Waals surface area contributed by atoms with E-state index in [4.69, 9.17) is 4.74 Å². The molecule has 2 aliphatic rings. The van der Waals surface area contributed by atoms with Crippen LogP contribution in [0.5, 0.6) is 0 Å². The van der Waals surface area contributed by atoms with Crippen LogP contribution in [0, 0.1) is 0 Å². The van der Waals surface area contributed by atoms with E-state index in [0.29, 0.717) is 5.25 Å². The molecule has 0 N–H and O–H groups in total. The Hall–Kier alpha value is -2.85. The number of hydrogen-bond donors (Lipinski definition) is 0. The van der Waals surface area contributed by atoms with Crippen LogP contribution < -0.4 is 0 Å². The summed E-state index contributed by atoms with van der Waals surface area (Å²) in [5.74, 6) is 0. The van der Waals surface area contributed by atoms with Gasteiger partial charge in [-0.25, -0.2) is 0 Å². The highest BCUT2D eigenvalue weighted by atomic mass is 32.2. The lowest BCUT2D eigenvalue weighted by Gasteiger charge is -2.42. The third kappa shape index (κ3) is 4.52. The molecule has 1 fully saturated rings. The quantitative estimate of drug-likeness (QED) is 0.271. The number of rotatable bonds is 6. The van der Waals surface area contributed by atoms with Gasteiger partial charge in [0.1, 0.15) is 12.3 Å². The third-order valence-corrected chi connectivity index (χ3v) is 9.68. The number of piperidine rings is 1. The first-order valence-corrected chi connectivity index (χ1v) is 13.9. The summed E-state index contributed by atoms with van der Waals surface area (Å²) in [4.78, 5) is 2.53. The van der Waals surface area contributed by atoms with Crippen LogP contribution >= 0.6 is 11.8 Å². The largest absolute Gasteiger partial charge is 0.351 e. The number of fused-ring (bicyclic) bond motifs is 2. The fourth-order valence-electron chi connectivity index (χ4n) is 5.89. The third-order valence-electron chi connectivity index (χ3n) is 7.84. The van der Waals surface area contributed by atoms with Crippen LogP contribution in [0.4, 0.5) is 0 Å². The molecule has 2 aliphatic heterocycles. The van der Waals surface area contributed by atoms with Crippen LogP contribution in [0.15, 0.2) is 115 Å². The molecule has 0 aliphatic carbocycles. The standard InChI is InChI=1S/C33H33NOS/c1-25(35-31(26-13-5-2-6-14-26)27-15-7-3-8-16-27)34-23-21-33(22-24-34)30-20-12-11-19-29(30)32(36-33)28-17-9-4-10-18-28/h2-20,25,31-32H,21-24H2,1H3. The zero-order valence-electron chi connectivity index (χ0n) is 20.8. The molecule has 4 aromatic rings. The molecular formula is C33H33NOS. The van der Waals surface area contributed by atoms with Crippen molar-refractivity contribution < 1.29 is 4.74 Å². The second kappa shape index (κ2) is 10.3. The van der Waals surface area contributed by atoms with Gasteiger partial charge in [-0.2, -0.15) is 0 Å². The molecule has 0 amide bonds. The normalized spacial score (nSPS) is 19.9. The van der Waals surface area contributed by atoms with Crippen LogP contribution in [-0.2, 0) is 9.48 Å². The summed E-state index contributed by atoms with van der Waals surface area (Å²) in [7, 11) is 0. The zero-order chi connectivity index (χ0) is 24.4. The molecule has 2 atom stereocenters. The van der Waals surface area contributed by atoms with E-state index in [1.54, 1.807) is 5.56 Å². The fraction of sp³-hybridized carbons (Fsp3) is 0.273. The summed E-state index contributed by atoms with van der Waals surface area (Å²) in [5.41, 5.74) is 6.87. The number of nitrogens with zero attached hydrogens (tertiary/aromatic N) is 1. The first kappa shape index (κ1) is 23.5. The molecule has 36 heavy (non-hydrogen) atoms. The Bertz CT molecular complexity index is 1230.